The molecule has 13 heteroatoms. The van der Waals surface area contributed by atoms with E-state index in [2.05, 4.69) is 0 Å². The lowest BCUT2D eigenvalue weighted by Gasteiger charge is -2.43. The van der Waals surface area contributed by atoms with Crippen LogP contribution >= 0.6 is 10.8 Å². The van der Waals surface area contributed by atoms with Gasteiger partial charge in [-0.1, -0.05) is 0 Å². The molecule has 28 heavy (non-hydrogen) atoms. The van der Waals surface area contributed by atoms with Crippen molar-refractivity contribution >= 4 is 43.5 Å². The zero-order valence-electron chi connectivity index (χ0n) is 15.9. The molecule has 0 aromatic heterocycles. The number of hydrogen-bond acceptors (Lipinski definition) is 12. The monoisotopic (exact) mass is 442 g/mol. The maximum atomic E-state index is 11.8. The van der Waals surface area contributed by atoms with Crippen LogP contribution < -0.4 is 0 Å². The summed E-state index contributed by atoms with van der Waals surface area (Å²) < 4.78 is 49.5. The molecule has 5 atom stereocenters. The Balaban J connectivity index is 3.36. The normalized spacial score (nSPS) is 27.4. The molecule has 1 unspecified atom stereocenters. The van der Waals surface area contributed by atoms with Gasteiger partial charge in [-0.15, -0.1) is 0 Å². The fourth-order valence-corrected chi connectivity index (χ4v) is 4.79. The van der Waals surface area contributed by atoms with Crippen molar-refractivity contribution in [3.63, 3.8) is 0 Å². The van der Waals surface area contributed by atoms with Gasteiger partial charge in [-0.25, -0.2) is 8.42 Å². The molecular weight excluding hydrogens is 420 g/mol. The lowest BCUT2D eigenvalue weighted by Crippen LogP contribution is -2.61. The Labute approximate surface area is 165 Å². The van der Waals surface area contributed by atoms with Crippen LogP contribution in [0.2, 0.25) is 0 Å². The first-order valence-electron chi connectivity index (χ1n) is 7.99. The second-order valence-corrected chi connectivity index (χ2v) is 10.3. The molecule has 1 saturated heterocycles. The summed E-state index contributed by atoms with van der Waals surface area (Å²) in [5.74, 6) is -3.03. The summed E-state index contributed by atoms with van der Waals surface area (Å²) in [6, 6.07) is 0. The van der Waals surface area contributed by atoms with Gasteiger partial charge < -0.3 is 23.7 Å². The Morgan fingerprint density at radius 1 is 0.821 bits per heavy atom. The number of hydrogen-bond donors (Lipinski definition) is 0. The average molecular weight is 442 g/mol. The van der Waals surface area contributed by atoms with Crippen molar-refractivity contribution in [2.24, 2.45) is 0 Å². The average Bonchev–Trinajstić information content (AvgIpc) is 2.48. The molecule has 1 fully saturated rings. The van der Waals surface area contributed by atoms with Crippen LogP contribution in [0.25, 0.3) is 0 Å². The summed E-state index contributed by atoms with van der Waals surface area (Å²) in [5, 5.41) is 0. The van der Waals surface area contributed by atoms with Crippen molar-refractivity contribution in [3.05, 3.63) is 0 Å². The van der Waals surface area contributed by atoms with Crippen molar-refractivity contribution in [1.82, 2.24) is 0 Å². The van der Waals surface area contributed by atoms with E-state index < -0.39 is 69.2 Å². The van der Waals surface area contributed by atoms with Gasteiger partial charge in [0.1, 0.15) is 12.7 Å². The van der Waals surface area contributed by atoms with Crippen molar-refractivity contribution in [2.75, 3.05) is 12.9 Å². The predicted octanol–water partition coefficient (Wildman–Crippen LogP) is -0.238. The second kappa shape index (κ2) is 10.1. The topological polar surface area (TPSA) is 149 Å². The van der Waals surface area contributed by atoms with Gasteiger partial charge in [-0.05, 0) is 0 Å². The molecule has 1 heterocycles. The fraction of sp³-hybridized carbons (Fsp3) is 0.733. The van der Waals surface area contributed by atoms with Crippen molar-refractivity contribution in [2.45, 2.75) is 57.5 Å². The van der Waals surface area contributed by atoms with Crippen LogP contribution in [0.3, 0.4) is 0 Å². The quantitative estimate of drug-likeness (QED) is 0.291. The molecule has 0 bridgehead atoms. The molecule has 11 nitrogen and oxygen atoms in total. The molecule has 0 N–H and O–H groups in total. The predicted molar refractivity (Wildman–Crippen MR) is 94.4 cm³/mol. The van der Waals surface area contributed by atoms with Crippen LogP contribution in [0.1, 0.15) is 27.7 Å². The van der Waals surface area contributed by atoms with Crippen LogP contribution in [0.15, 0.2) is 0 Å². The zero-order chi connectivity index (χ0) is 21.6. The van der Waals surface area contributed by atoms with Gasteiger partial charge in [0.25, 0.3) is 0 Å². The highest BCUT2D eigenvalue weighted by atomic mass is 33.1. The smallest absolute Gasteiger partial charge is 0.303 e. The summed E-state index contributed by atoms with van der Waals surface area (Å²) in [6.07, 6.45) is -4.38. The maximum absolute atomic E-state index is 11.8. The number of carbonyl (C=O) groups excluding carboxylic acids is 4. The third kappa shape index (κ3) is 8.02. The molecule has 0 spiro atoms. The van der Waals surface area contributed by atoms with E-state index in [-0.39, 0.29) is 0 Å². The molecule has 160 valence electrons. The van der Waals surface area contributed by atoms with Crippen LogP contribution in [0.5, 0.6) is 0 Å². The van der Waals surface area contributed by atoms with Gasteiger partial charge in [-0.3, -0.25) is 19.2 Å². The van der Waals surface area contributed by atoms with E-state index in [4.69, 9.17) is 23.7 Å². The van der Waals surface area contributed by atoms with Gasteiger partial charge in [0, 0.05) is 44.7 Å². The van der Waals surface area contributed by atoms with Gasteiger partial charge >= 0.3 is 23.9 Å². The lowest BCUT2D eigenvalue weighted by atomic mass is 9.99. The van der Waals surface area contributed by atoms with E-state index in [0.29, 0.717) is 10.8 Å². The molecule has 0 aromatic carbocycles. The van der Waals surface area contributed by atoms with Gasteiger partial charge in [0.2, 0.25) is 8.87 Å². The Morgan fingerprint density at radius 3 is 1.71 bits per heavy atom. The van der Waals surface area contributed by atoms with Crippen LogP contribution in [0.4, 0.5) is 0 Å². The van der Waals surface area contributed by atoms with Crippen LogP contribution in [-0.4, -0.2) is 75.0 Å². The summed E-state index contributed by atoms with van der Waals surface area (Å²) >= 11 is 0. The Kier molecular flexibility index (Phi) is 8.70. The summed E-state index contributed by atoms with van der Waals surface area (Å²) in [4.78, 5) is 45.8. The molecule has 0 saturated carbocycles. The van der Waals surface area contributed by atoms with E-state index in [0.717, 1.165) is 34.0 Å². The third-order valence-corrected chi connectivity index (χ3v) is 5.75. The fourth-order valence-electron chi connectivity index (χ4n) is 2.44. The highest BCUT2D eigenvalue weighted by Crippen LogP contribution is 2.36. The minimum Gasteiger partial charge on any atom is -0.463 e. The lowest BCUT2D eigenvalue weighted by molar-refractivity contribution is -0.237. The number of ether oxygens (including phenoxy) is 5. The van der Waals surface area contributed by atoms with Crippen molar-refractivity contribution in [1.29, 1.82) is 0 Å². The summed E-state index contributed by atoms with van der Waals surface area (Å²) in [7, 11) is -3.38. The van der Waals surface area contributed by atoms with E-state index in [1.54, 1.807) is 0 Å². The van der Waals surface area contributed by atoms with E-state index in [1.807, 2.05) is 0 Å². The SMILES string of the molecule is CC(=O)OC[C@H]1OC(SS(C)(=O)=O)[C@H](OC(C)=O)[C@@H](OC(C)=O)[C@@H]1OC(C)=O. The van der Waals surface area contributed by atoms with E-state index in [1.165, 1.54) is 0 Å². The molecule has 0 aromatic rings. The summed E-state index contributed by atoms with van der Waals surface area (Å²) in [5.41, 5.74) is -1.34. The molecule has 0 amide bonds. The second-order valence-electron chi connectivity index (χ2n) is 5.87. The minimum atomic E-state index is -3.70. The van der Waals surface area contributed by atoms with E-state index in [9.17, 15) is 27.6 Å². The number of esters is 4. The molecule has 0 aliphatic carbocycles. The molecule has 1 aliphatic heterocycles. The molecule has 1 rings (SSSR count). The highest BCUT2D eigenvalue weighted by Gasteiger charge is 2.53. The zero-order valence-corrected chi connectivity index (χ0v) is 17.5. The number of rotatable bonds is 7. The van der Waals surface area contributed by atoms with Crippen molar-refractivity contribution < 1.29 is 51.3 Å². The molecule has 1 aliphatic rings. The molecular formula is C15H22O11S2. The van der Waals surface area contributed by atoms with Crippen LogP contribution in [0, 0.1) is 0 Å². The first-order chi connectivity index (χ1) is 12.8. The third-order valence-electron chi connectivity index (χ3n) is 3.22. The Bertz CT molecular complexity index is 717. The van der Waals surface area contributed by atoms with Crippen LogP contribution in [-0.2, 0) is 51.7 Å². The first kappa shape index (κ1) is 24.2. The Hall–Kier alpha value is -1.86. The van der Waals surface area contributed by atoms with Gasteiger partial charge in [-0.2, -0.15) is 0 Å². The highest BCUT2D eigenvalue weighted by molar-refractivity contribution is 8.72. The number of carbonyl (C=O) groups is 4. The molecule has 0 radical (unpaired) electrons. The Morgan fingerprint density at radius 2 is 1.29 bits per heavy atom. The minimum absolute atomic E-state index is 0.318. The maximum Gasteiger partial charge on any atom is 0.303 e. The first-order valence-corrected chi connectivity index (χ1v) is 11.3. The van der Waals surface area contributed by atoms with Gasteiger partial charge in [0.05, 0.1) is 0 Å². The van der Waals surface area contributed by atoms with Crippen molar-refractivity contribution in [3.8, 4) is 0 Å². The summed E-state index contributed by atoms with van der Waals surface area (Å²) in [6.45, 7) is 3.95. The van der Waals surface area contributed by atoms with Gasteiger partial charge in [0.15, 0.2) is 23.7 Å². The standard InChI is InChI=1S/C15H22O11S2/c1-7(16)22-6-11-12(23-8(2)17)13(24-9(3)18)14(25-10(4)19)15(26-11)27-28(5,20)21/h11-15H,6H2,1-5H3/t11-,12-,13+,14-,15?/m1/s1. The largest absolute Gasteiger partial charge is 0.463 e. The van der Waals surface area contributed by atoms with E-state index >= 15 is 0 Å².